The number of alkyl halides is 2. The first-order chi connectivity index (χ1) is 3.81. The van der Waals surface area contributed by atoms with E-state index in [1.54, 1.807) is 0 Å². The molecule has 0 saturated heterocycles. The number of halogens is 2. The Morgan fingerprint density at radius 2 is 1.50 bits per heavy atom. The molecule has 0 rings (SSSR count). The van der Waals surface area contributed by atoms with Crippen molar-refractivity contribution in [3.8, 4) is 0 Å². The molecule has 1 nitrogen and oxygen atoms in total. The lowest BCUT2D eigenvalue weighted by Crippen LogP contribution is -2.14. The minimum Gasteiger partial charge on any atom is -0.240 e. The average molecular weight is 155 g/mol. The van der Waals surface area contributed by atoms with Crippen molar-refractivity contribution in [2.45, 2.75) is 0 Å². The molecule has 0 heterocycles. The molecular weight excluding hydrogens is 145 g/mol. The quantitative estimate of drug-likeness (QED) is 0.325. The van der Waals surface area contributed by atoms with Gasteiger partial charge in [0.15, 0.2) is 13.1 Å². The third-order valence-electron chi connectivity index (χ3n) is 0.801. The summed E-state index contributed by atoms with van der Waals surface area (Å²) in [6.45, 7) is 5.31. The molecule has 48 valence electrons. The van der Waals surface area contributed by atoms with Gasteiger partial charge in [-0.15, -0.1) is 23.2 Å². The first kappa shape index (κ1) is 8.25. The Kier molecular flexibility index (Phi) is 5.56. The summed E-state index contributed by atoms with van der Waals surface area (Å²) in [5, 5.41) is 0. The molecule has 0 aliphatic carbocycles. The van der Waals surface area contributed by atoms with E-state index in [2.05, 4.69) is 6.72 Å². The predicted molar refractivity (Wildman–Crippen MR) is 38.6 cm³/mol. The highest BCUT2D eigenvalue weighted by Crippen LogP contribution is 1.79. The van der Waals surface area contributed by atoms with Crippen molar-refractivity contribution < 1.29 is 4.58 Å². The fourth-order valence-corrected chi connectivity index (χ4v) is 0.829. The Hall–Kier alpha value is 0.250. The number of rotatable bonds is 4. The molecule has 0 unspecified atom stereocenters. The second-order valence-electron chi connectivity index (χ2n) is 1.50. The molecule has 0 radical (unpaired) electrons. The van der Waals surface area contributed by atoms with E-state index in [4.69, 9.17) is 23.2 Å². The third kappa shape index (κ3) is 4.41. The number of nitrogens with zero attached hydrogens (tertiary/aromatic N) is 1. The third-order valence-corrected chi connectivity index (χ3v) is 1.14. The van der Waals surface area contributed by atoms with Crippen molar-refractivity contribution in [2.24, 2.45) is 0 Å². The van der Waals surface area contributed by atoms with Crippen LogP contribution in [-0.4, -0.2) is 36.1 Å². The summed E-state index contributed by atoms with van der Waals surface area (Å²) in [7, 11) is 0. The van der Waals surface area contributed by atoms with Gasteiger partial charge in [-0.05, 0) is 0 Å². The summed E-state index contributed by atoms with van der Waals surface area (Å²) in [5.74, 6) is 1.25. The van der Waals surface area contributed by atoms with Gasteiger partial charge in [-0.3, -0.25) is 0 Å². The van der Waals surface area contributed by atoms with Crippen LogP contribution in [0, 0.1) is 0 Å². The van der Waals surface area contributed by atoms with Crippen molar-refractivity contribution in [3.63, 3.8) is 0 Å². The first-order valence-electron chi connectivity index (χ1n) is 2.48. The highest BCUT2D eigenvalue weighted by atomic mass is 35.5. The molecule has 0 bridgehead atoms. The van der Waals surface area contributed by atoms with E-state index in [1.165, 1.54) is 0 Å². The fourth-order valence-electron chi connectivity index (χ4n) is 0.351. The van der Waals surface area contributed by atoms with Crippen LogP contribution in [0.4, 0.5) is 0 Å². The maximum absolute atomic E-state index is 5.41. The summed E-state index contributed by atoms with van der Waals surface area (Å²) in [6, 6.07) is 0. The van der Waals surface area contributed by atoms with Gasteiger partial charge in [-0.2, -0.15) is 0 Å². The smallest absolute Gasteiger partial charge is 0.155 e. The predicted octanol–water partition coefficient (Wildman–Crippen LogP) is 1.18. The van der Waals surface area contributed by atoms with Crippen LogP contribution < -0.4 is 0 Å². The van der Waals surface area contributed by atoms with Crippen molar-refractivity contribution in [1.82, 2.24) is 0 Å². The first-order valence-corrected chi connectivity index (χ1v) is 3.55. The monoisotopic (exact) mass is 154 g/mol. The highest BCUT2D eigenvalue weighted by molar-refractivity contribution is 6.18. The van der Waals surface area contributed by atoms with Crippen molar-refractivity contribution >= 4 is 29.9 Å². The van der Waals surface area contributed by atoms with Gasteiger partial charge >= 0.3 is 0 Å². The Balaban J connectivity index is 3.06. The van der Waals surface area contributed by atoms with E-state index in [9.17, 15) is 0 Å². The molecule has 0 N–H and O–H groups in total. The van der Waals surface area contributed by atoms with Gasteiger partial charge in [0.1, 0.15) is 6.72 Å². The second kappa shape index (κ2) is 5.39. The molecule has 0 fully saturated rings. The Bertz CT molecular complexity index is 64.8. The molecule has 0 aliphatic rings. The topological polar surface area (TPSA) is 3.01 Å². The van der Waals surface area contributed by atoms with Gasteiger partial charge in [0.05, 0.1) is 11.8 Å². The summed E-state index contributed by atoms with van der Waals surface area (Å²) in [5.41, 5.74) is 0. The molecule has 0 atom stereocenters. The van der Waals surface area contributed by atoms with E-state index >= 15 is 0 Å². The molecule has 0 aromatic rings. The molecule has 3 heteroatoms. The van der Waals surface area contributed by atoms with Crippen LogP contribution in [0.25, 0.3) is 0 Å². The van der Waals surface area contributed by atoms with Gasteiger partial charge in [0, 0.05) is 0 Å². The molecule has 8 heavy (non-hydrogen) atoms. The molecule has 0 amide bonds. The minimum absolute atomic E-state index is 0.625. The van der Waals surface area contributed by atoms with Crippen LogP contribution >= 0.6 is 23.2 Å². The van der Waals surface area contributed by atoms with E-state index in [-0.39, 0.29) is 0 Å². The zero-order valence-electron chi connectivity index (χ0n) is 4.74. The summed E-state index contributed by atoms with van der Waals surface area (Å²) >= 11 is 10.8. The van der Waals surface area contributed by atoms with Crippen LogP contribution in [0.15, 0.2) is 0 Å². The van der Waals surface area contributed by atoms with Crippen molar-refractivity contribution in [2.75, 3.05) is 24.8 Å². The lowest BCUT2D eigenvalue weighted by atomic mass is 10.6. The number of hydrogen-bond donors (Lipinski definition) is 0. The molecule has 0 aliphatic heterocycles. The molecular formula is C5H10Cl2N+. The van der Waals surface area contributed by atoms with Crippen LogP contribution in [0.3, 0.4) is 0 Å². The van der Waals surface area contributed by atoms with Crippen LogP contribution in [0.1, 0.15) is 0 Å². The summed E-state index contributed by atoms with van der Waals surface area (Å²) in [4.78, 5) is 0. The summed E-state index contributed by atoms with van der Waals surface area (Å²) in [6.07, 6.45) is 0. The zero-order valence-corrected chi connectivity index (χ0v) is 6.25. The number of hydrogen-bond acceptors (Lipinski definition) is 0. The zero-order chi connectivity index (χ0) is 6.41. The summed E-state index contributed by atoms with van der Waals surface area (Å²) < 4.78 is 1.85. The maximum atomic E-state index is 5.41. The Labute approximate surface area is 59.9 Å². The van der Waals surface area contributed by atoms with Gasteiger partial charge in [0.25, 0.3) is 0 Å². The van der Waals surface area contributed by atoms with Crippen LogP contribution in [0.5, 0.6) is 0 Å². The molecule has 0 spiro atoms. The normalized spacial score (nSPS) is 9.25. The standard InChI is InChI=1S/C5H10Cl2N/c1-8(4-2-6)5-3-7/h1-5H2/q+1. The Morgan fingerprint density at radius 1 is 1.12 bits per heavy atom. The fraction of sp³-hybridized carbons (Fsp3) is 0.800. The van der Waals surface area contributed by atoms with E-state index < -0.39 is 0 Å². The SMILES string of the molecule is C=[N+](CCCl)CCCl. The van der Waals surface area contributed by atoms with Gasteiger partial charge in [-0.25, -0.2) is 4.58 Å². The van der Waals surface area contributed by atoms with Gasteiger partial charge in [0.2, 0.25) is 0 Å². The van der Waals surface area contributed by atoms with Crippen molar-refractivity contribution in [1.29, 1.82) is 0 Å². The van der Waals surface area contributed by atoms with Crippen LogP contribution in [0.2, 0.25) is 0 Å². The van der Waals surface area contributed by atoms with E-state index in [0.717, 1.165) is 13.1 Å². The van der Waals surface area contributed by atoms with Crippen molar-refractivity contribution in [3.05, 3.63) is 0 Å². The highest BCUT2D eigenvalue weighted by Gasteiger charge is 1.94. The molecule has 0 saturated carbocycles. The van der Waals surface area contributed by atoms with Crippen LogP contribution in [-0.2, 0) is 0 Å². The lowest BCUT2D eigenvalue weighted by molar-refractivity contribution is -0.510. The molecule has 0 aromatic heterocycles. The molecule has 0 aromatic carbocycles. The van der Waals surface area contributed by atoms with E-state index in [0.29, 0.717) is 11.8 Å². The second-order valence-corrected chi connectivity index (χ2v) is 2.25. The Morgan fingerprint density at radius 3 is 1.75 bits per heavy atom. The minimum atomic E-state index is 0.625. The van der Waals surface area contributed by atoms with Gasteiger partial charge in [-0.1, -0.05) is 0 Å². The largest absolute Gasteiger partial charge is 0.240 e. The lowest BCUT2D eigenvalue weighted by Gasteiger charge is -1.92. The maximum Gasteiger partial charge on any atom is 0.155 e. The average Bonchev–Trinajstić information content (AvgIpc) is 1.68. The van der Waals surface area contributed by atoms with E-state index in [1.807, 2.05) is 4.58 Å². The van der Waals surface area contributed by atoms with Gasteiger partial charge < -0.3 is 0 Å².